The summed E-state index contributed by atoms with van der Waals surface area (Å²) in [6.45, 7) is 5.00. The van der Waals surface area contributed by atoms with E-state index >= 15 is 0 Å². The van der Waals surface area contributed by atoms with E-state index in [9.17, 15) is 4.79 Å². The summed E-state index contributed by atoms with van der Waals surface area (Å²) in [6, 6.07) is 0.787. The highest BCUT2D eigenvalue weighted by Gasteiger charge is 2.27. The number of hydrogen-bond acceptors (Lipinski definition) is 3. The maximum Gasteiger partial charge on any atom is 0.305 e. The van der Waals surface area contributed by atoms with Gasteiger partial charge in [0.05, 0.1) is 6.61 Å². The Morgan fingerprint density at radius 3 is 2.12 bits per heavy atom. The van der Waals surface area contributed by atoms with E-state index in [1.807, 2.05) is 0 Å². The molecule has 4 heteroatoms. The third kappa shape index (κ3) is 13.9. The van der Waals surface area contributed by atoms with Crippen molar-refractivity contribution < 1.29 is 9.53 Å². The van der Waals surface area contributed by atoms with E-state index in [-0.39, 0.29) is 5.97 Å². The predicted octanol–water partition coefficient (Wildman–Crippen LogP) is 6.32. The second-order valence-electron chi connectivity index (χ2n) is 7.82. The molecule has 0 unspecified atom stereocenters. The summed E-state index contributed by atoms with van der Waals surface area (Å²) in [5.74, 6) is 0.714. The van der Waals surface area contributed by atoms with Gasteiger partial charge in [0.25, 0.3) is 0 Å². The van der Waals surface area contributed by atoms with Crippen molar-refractivity contribution in [2.45, 2.75) is 109 Å². The molecule has 0 saturated heterocycles. The molecule has 0 amide bonds. The molecule has 0 atom stereocenters. The second kappa shape index (κ2) is 16.9. The fraction of sp³-hybridized carbons (Fsp3) is 0.955. The van der Waals surface area contributed by atoms with Crippen LogP contribution in [0.1, 0.15) is 103 Å². The number of nitrogens with zero attached hydrogens (tertiary/aromatic N) is 1. The molecular weight excluding hydrogens is 346 g/mol. The maximum absolute atomic E-state index is 11.7. The minimum absolute atomic E-state index is 0.00984. The number of alkyl halides is 1. The van der Waals surface area contributed by atoms with Crippen LogP contribution in [-0.4, -0.2) is 42.5 Å². The minimum atomic E-state index is -0.00984. The van der Waals surface area contributed by atoms with Crippen LogP contribution in [0.5, 0.6) is 0 Å². The number of unbranched alkanes of at least 4 members (excludes halogenated alkanes) is 10. The van der Waals surface area contributed by atoms with Crippen molar-refractivity contribution in [1.82, 2.24) is 4.90 Å². The highest BCUT2D eigenvalue weighted by molar-refractivity contribution is 6.18. The molecule has 154 valence electrons. The van der Waals surface area contributed by atoms with Crippen molar-refractivity contribution in [2.24, 2.45) is 0 Å². The van der Waals surface area contributed by atoms with Gasteiger partial charge in [0.1, 0.15) is 0 Å². The summed E-state index contributed by atoms with van der Waals surface area (Å²) in [7, 11) is 0. The lowest BCUT2D eigenvalue weighted by Crippen LogP contribution is -2.29. The van der Waals surface area contributed by atoms with Crippen LogP contribution in [0.3, 0.4) is 0 Å². The lowest BCUT2D eigenvalue weighted by atomic mass is 10.1. The number of carbonyl (C=O) groups excluding carboxylic acids is 1. The lowest BCUT2D eigenvalue weighted by molar-refractivity contribution is -0.143. The Balaban J connectivity index is 1.81. The lowest BCUT2D eigenvalue weighted by Gasteiger charge is -2.20. The zero-order valence-corrected chi connectivity index (χ0v) is 17.9. The summed E-state index contributed by atoms with van der Waals surface area (Å²) in [5.41, 5.74) is 0. The Morgan fingerprint density at radius 1 is 0.885 bits per heavy atom. The average molecular weight is 388 g/mol. The molecule has 1 saturated carbocycles. The van der Waals surface area contributed by atoms with Crippen LogP contribution in [0.15, 0.2) is 0 Å². The molecule has 0 bridgehead atoms. The van der Waals surface area contributed by atoms with Gasteiger partial charge in [-0.05, 0) is 38.6 Å². The zero-order chi connectivity index (χ0) is 18.9. The maximum atomic E-state index is 11.7. The van der Waals surface area contributed by atoms with E-state index in [1.54, 1.807) is 0 Å². The molecule has 0 aromatic heterocycles. The van der Waals surface area contributed by atoms with E-state index < -0.39 is 0 Å². The molecule has 0 radical (unpaired) electrons. The molecule has 3 nitrogen and oxygen atoms in total. The van der Waals surface area contributed by atoms with Crippen molar-refractivity contribution in [3.05, 3.63) is 0 Å². The number of hydrogen-bond donors (Lipinski definition) is 0. The monoisotopic (exact) mass is 387 g/mol. The number of carbonyl (C=O) groups is 1. The van der Waals surface area contributed by atoms with E-state index in [4.69, 9.17) is 16.3 Å². The van der Waals surface area contributed by atoms with Crippen molar-refractivity contribution in [2.75, 3.05) is 25.6 Å². The smallest absolute Gasteiger partial charge is 0.305 e. The van der Waals surface area contributed by atoms with Crippen LogP contribution in [0.4, 0.5) is 0 Å². The second-order valence-corrected chi connectivity index (χ2v) is 8.19. The van der Waals surface area contributed by atoms with Crippen LogP contribution in [0.25, 0.3) is 0 Å². The molecule has 0 N–H and O–H groups in total. The zero-order valence-electron chi connectivity index (χ0n) is 17.2. The van der Waals surface area contributed by atoms with Crippen LogP contribution in [0.2, 0.25) is 0 Å². The van der Waals surface area contributed by atoms with Gasteiger partial charge in [0.2, 0.25) is 0 Å². The Kier molecular flexibility index (Phi) is 15.4. The first-order valence-electron chi connectivity index (χ1n) is 11.2. The number of esters is 1. The summed E-state index contributed by atoms with van der Waals surface area (Å²) < 4.78 is 5.35. The minimum Gasteiger partial charge on any atom is -0.466 e. The van der Waals surface area contributed by atoms with E-state index in [0.29, 0.717) is 13.0 Å². The van der Waals surface area contributed by atoms with Gasteiger partial charge in [-0.3, -0.25) is 9.69 Å². The van der Waals surface area contributed by atoms with Crippen molar-refractivity contribution >= 4 is 17.6 Å². The summed E-state index contributed by atoms with van der Waals surface area (Å²) in [6.07, 6.45) is 18.1. The highest BCUT2D eigenvalue weighted by Crippen LogP contribution is 2.27. The number of halogens is 1. The number of ether oxygens (including phenoxy) is 1. The molecule has 0 aromatic carbocycles. The van der Waals surface area contributed by atoms with E-state index in [0.717, 1.165) is 44.3 Å². The fourth-order valence-corrected chi connectivity index (χ4v) is 3.67. The standard InChI is InChI=1S/C22H42ClNO2/c1-2-3-4-5-6-7-8-9-13-20-26-22(25)14-11-10-12-18-24(19-17-23)21-15-16-21/h21H,2-20H2,1H3. The van der Waals surface area contributed by atoms with Crippen molar-refractivity contribution in [1.29, 1.82) is 0 Å². The van der Waals surface area contributed by atoms with Crippen LogP contribution in [-0.2, 0) is 9.53 Å². The third-order valence-corrected chi connectivity index (χ3v) is 5.44. The molecule has 26 heavy (non-hydrogen) atoms. The summed E-state index contributed by atoms with van der Waals surface area (Å²) >= 11 is 5.86. The molecule has 1 rings (SSSR count). The van der Waals surface area contributed by atoms with Crippen LogP contribution in [0, 0.1) is 0 Å². The summed E-state index contributed by atoms with van der Waals surface area (Å²) in [5, 5.41) is 0. The largest absolute Gasteiger partial charge is 0.466 e. The Hall–Kier alpha value is -0.280. The van der Waals surface area contributed by atoms with Gasteiger partial charge in [0.15, 0.2) is 0 Å². The molecule has 1 aliphatic rings. The average Bonchev–Trinajstić information content (AvgIpc) is 3.47. The molecule has 0 aliphatic heterocycles. The molecular formula is C22H42ClNO2. The topological polar surface area (TPSA) is 29.5 Å². The van der Waals surface area contributed by atoms with Gasteiger partial charge in [-0.2, -0.15) is 0 Å². The molecule has 1 aliphatic carbocycles. The quantitative estimate of drug-likeness (QED) is 0.147. The van der Waals surface area contributed by atoms with Crippen molar-refractivity contribution in [3.63, 3.8) is 0 Å². The first kappa shape index (κ1) is 23.8. The van der Waals surface area contributed by atoms with E-state index in [2.05, 4.69) is 11.8 Å². The normalized spacial score (nSPS) is 14.1. The first-order chi connectivity index (χ1) is 12.8. The molecule has 1 fully saturated rings. The Morgan fingerprint density at radius 2 is 1.50 bits per heavy atom. The molecule has 0 spiro atoms. The highest BCUT2D eigenvalue weighted by atomic mass is 35.5. The van der Waals surface area contributed by atoms with Gasteiger partial charge in [-0.15, -0.1) is 11.6 Å². The van der Waals surface area contributed by atoms with Gasteiger partial charge in [0, 0.05) is 24.9 Å². The summed E-state index contributed by atoms with van der Waals surface area (Å²) in [4.78, 5) is 14.3. The van der Waals surface area contributed by atoms with Gasteiger partial charge >= 0.3 is 5.97 Å². The van der Waals surface area contributed by atoms with Gasteiger partial charge in [-0.1, -0.05) is 64.7 Å². The van der Waals surface area contributed by atoms with Crippen molar-refractivity contribution in [3.8, 4) is 0 Å². The third-order valence-electron chi connectivity index (χ3n) is 5.27. The SMILES string of the molecule is CCCCCCCCCCCOC(=O)CCCCCN(CCCl)C1CC1. The van der Waals surface area contributed by atoms with Gasteiger partial charge in [-0.25, -0.2) is 0 Å². The van der Waals surface area contributed by atoms with Crippen LogP contribution < -0.4 is 0 Å². The molecule has 0 heterocycles. The van der Waals surface area contributed by atoms with Crippen LogP contribution >= 0.6 is 11.6 Å². The Labute approximate surface area is 167 Å². The first-order valence-corrected chi connectivity index (χ1v) is 11.8. The fourth-order valence-electron chi connectivity index (χ4n) is 3.46. The van der Waals surface area contributed by atoms with Gasteiger partial charge < -0.3 is 4.74 Å². The Bertz CT molecular complexity index is 334. The molecule has 0 aromatic rings. The van der Waals surface area contributed by atoms with E-state index in [1.165, 1.54) is 70.6 Å². The predicted molar refractivity (Wildman–Crippen MR) is 112 cm³/mol. The number of rotatable bonds is 19.